The number of anilines is 2. The summed E-state index contributed by atoms with van der Waals surface area (Å²) in [5.41, 5.74) is 1.73. The first-order chi connectivity index (χ1) is 15.5. The lowest BCUT2D eigenvalue weighted by molar-refractivity contribution is 0.0785. The molecule has 0 unspecified atom stereocenters. The molecule has 1 atom stereocenters. The molecule has 10 heteroatoms. The number of aromatic nitrogens is 6. The zero-order valence-corrected chi connectivity index (χ0v) is 17.7. The molecule has 1 fully saturated rings. The van der Waals surface area contributed by atoms with Gasteiger partial charge >= 0.3 is 0 Å². The summed E-state index contributed by atoms with van der Waals surface area (Å²) in [5.74, 6) is 1.84. The average Bonchev–Trinajstić information content (AvgIpc) is 3.43. The minimum Gasteiger partial charge on any atom is -0.336 e. The van der Waals surface area contributed by atoms with Crippen LogP contribution in [0.25, 0.3) is 10.8 Å². The van der Waals surface area contributed by atoms with Crippen molar-refractivity contribution in [1.82, 2.24) is 35.3 Å². The summed E-state index contributed by atoms with van der Waals surface area (Å²) in [5, 5.41) is 17.8. The van der Waals surface area contributed by atoms with Gasteiger partial charge in [-0.15, -0.1) is 0 Å². The largest absolute Gasteiger partial charge is 0.336 e. The Morgan fingerprint density at radius 2 is 1.88 bits per heavy atom. The molecule has 1 aliphatic heterocycles. The van der Waals surface area contributed by atoms with E-state index in [-0.39, 0.29) is 23.1 Å². The van der Waals surface area contributed by atoms with E-state index in [2.05, 4.69) is 35.7 Å². The Balaban J connectivity index is 1.37. The van der Waals surface area contributed by atoms with E-state index in [4.69, 9.17) is 0 Å². The van der Waals surface area contributed by atoms with E-state index in [1.54, 1.807) is 29.2 Å². The minimum atomic E-state index is -0.309. The van der Waals surface area contributed by atoms with Crippen molar-refractivity contribution < 1.29 is 4.79 Å². The lowest BCUT2D eigenvalue weighted by atomic mass is 10.1. The van der Waals surface area contributed by atoms with Crippen molar-refractivity contribution in [2.45, 2.75) is 26.2 Å². The number of hydrogen-bond donors (Lipinski definition) is 3. The summed E-state index contributed by atoms with van der Waals surface area (Å²) >= 11 is 0. The molecular formula is C22H22N8O2. The molecule has 1 aromatic carbocycles. The van der Waals surface area contributed by atoms with Gasteiger partial charge in [-0.25, -0.2) is 15.1 Å². The Labute approximate surface area is 183 Å². The van der Waals surface area contributed by atoms with Gasteiger partial charge in [-0.05, 0) is 26.3 Å². The van der Waals surface area contributed by atoms with Crippen LogP contribution in [-0.2, 0) is 0 Å². The van der Waals surface area contributed by atoms with E-state index in [1.807, 2.05) is 26.0 Å². The van der Waals surface area contributed by atoms with E-state index in [1.165, 1.54) is 0 Å². The Kier molecular flexibility index (Phi) is 4.89. The van der Waals surface area contributed by atoms with Gasteiger partial charge in [0.05, 0.1) is 5.39 Å². The minimum absolute atomic E-state index is 0.00865. The normalized spacial score (nSPS) is 15.9. The predicted octanol–water partition coefficient (Wildman–Crippen LogP) is 2.43. The van der Waals surface area contributed by atoms with Crippen LogP contribution in [0, 0.1) is 13.8 Å². The summed E-state index contributed by atoms with van der Waals surface area (Å²) in [4.78, 5) is 36.3. The number of nitrogens with one attached hydrogen (secondary N) is 3. The van der Waals surface area contributed by atoms with E-state index in [9.17, 15) is 9.59 Å². The van der Waals surface area contributed by atoms with Crippen molar-refractivity contribution in [1.29, 1.82) is 0 Å². The van der Waals surface area contributed by atoms with Crippen LogP contribution in [0.4, 0.5) is 11.6 Å². The quantitative estimate of drug-likeness (QED) is 0.453. The van der Waals surface area contributed by atoms with Gasteiger partial charge in [0.15, 0.2) is 11.5 Å². The molecule has 1 aliphatic rings. The van der Waals surface area contributed by atoms with Crippen LogP contribution in [-0.4, -0.2) is 54.3 Å². The molecule has 32 heavy (non-hydrogen) atoms. The van der Waals surface area contributed by atoms with Crippen LogP contribution < -0.4 is 10.9 Å². The summed E-state index contributed by atoms with van der Waals surface area (Å²) in [6.07, 6.45) is 0.747. The molecule has 0 aliphatic carbocycles. The molecular weight excluding hydrogens is 408 g/mol. The number of aromatic amines is 2. The molecule has 0 saturated carbocycles. The second kappa shape index (κ2) is 7.88. The smallest absolute Gasteiger partial charge is 0.274 e. The summed E-state index contributed by atoms with van der Waals surface area (Å²) < 4.78 is 0. The molecule has 1 saturated heterocycles. The Morgan fingerprint density at radius 1 is 1.06 bits per heavy atom. The number of H-pyrrole nitrogens is 2. The van der Waals surface area contributed by atoms with Gasteiger partial charge in [0, 0.05) is 47.9 Å². The SMILES string of the molecule is Cc1cc(Nc2cc(C)[nH]n2)nc([C@@H]2CCN(C(=O)c3n[nH]c(=O)c4ccccc34)C2)n1. The number of benzene rings is 1. The van der Waals surface area contributed by atoms with Gasteiger partial charge in [0.25, 0.3) is 11.5 Å². The van der Waals surface area contributed by atoms with Gasteiger partial charge in [0.1, 0.15) is 11.6 Å². The van der Waals surface area contributed by atoms with Crippen molar-refractivity contribution in [2.24, 2.45) is 0 Å². The molecule has 10 nitrogen and oxygen atoms in total. The predicted molar refractivity (Wildman–Crippen MR) is 119 cm³/mol. The fourth-order valence-electron chi connectivity index (χ4n) is 4.03. The number of amides is 1. The van der Waals surface area contributed by atoms with Crippen molar-refractivity contribution in [3.63, 3.8) is 0 Å². The number of rotatable bonds is 4. The Bertz CT molecular complexity index is 1380. The number of carbonyl (C=O) groups is 1. The number of aryl methyl sites for hydroxylation is 2. The second-order valence-corrected chi connectivity index (χ2v) is 8.00. The third-order valence-corrected chi connectivity index (χ3v) is 5.57. The molecule has 0 spiro atoms. The highest BCUT2D eigenvalue weighted by Crippen LogP contribution is 2.28. The van der Waals surface area contributed by atoms with Crippen molar-refractivity contribution >= 4 is 28.3 Å². The van der Waals surface area contributed by atoms with Crippen LogP contribution >= 0.6 is 0 Å². The van der Waals surface area contributed by atoms with Gasteiger partial charge in [-0.2, -0.15) is 10.2 Å². The van der Waals surface area contributed by atoms with Gasteiger partial charge < -0.3 is 10.2 Å². The topological polar surface area (TPSA) is 133 Å². The fourth-order valence-corrected chi connectivity index (χ4v) is 4.03. The number of likely N-dealkylation sites (tertiary alicyclic amines) is 1. The van der Waals surface area contributed by atoms with Gasteiger partial charge in [-0.3, -0.25) is 14.7 Å². The zero-order chi connectivity index (χ0) is 22.2. The monoisotopic (exact) mass is 430 g/mol. The highest BCUT2D eigenvalue weighted by atomic mass is 16.2. The van der Waals surface area contributed by atoms with Crippen molar-refractivity contribution in [2.75, 3.05) is 18.4 Å². The first-order valence-electron chi connectivity index (χ1n) is 10.4. The molecule has 4 aromatic rings. The maximum Gasteiger partial charge on any atom is 0.274 e. The maximum atomic E-state index is 13.2. The van der Waals surface area contributed by atoms with Crippen LogP contribution in [0.3, 0.4) is 0 Å². The first kappa shape index (κ1) is 19.9. The third kappa shape index (κ3) is 3.70. The van der Waals surface area contributed by atoms with Crippen LogP contribution in [0.2, 0.25) is 0 Å². The number of carbonyl (C=O) groups excluding carboxylic acids is 1. The standard InChI is InChI=1S/C22H22N8O2/c1-12-9-17(24-18-10-13(2)26-27-18)25-20(23-12)14-7-8-30(11-14)22(32)19-15-5-3-4-6-16(15)21(31)29-28-19/h3-6,9-10,14H,7-8,11H2,1-2H3,(H,29,31)(H2,23,24,25,26,27)/t14-/m1/s1. The maximum absolute atomic E-state index is 13.2. The van der Waals surface area contributed by atoms with E-state index < -0.39 is 0 Å². The van der Waals surface area contributed by atoms with Crippen LogP contribution in [0.15, 0.2) is 41.2 Å². The van der Waals surface area contributed by atoms with E-state index >= 15 is 0 Å². The average molecular weight is 430 g/mol. The Hall–Kier alpha value is -4.08. The third-order valence-electron chi connectivity index (χ3n) is 5.57. The molecule has 3 N–H and O–H groups in total. The summed E-state index contributed by atoms with van der Waals surface area (Å²) in [7, 11) is 0. The van der Waals surface area contributed by atoms with Crippen LogP contribution in [0.5, 0.6) is 0 Å². The fraction of sp³-hybridized carbons (Fsp3) is 0.273. The second-order valence-electron chi connectivity index (χ2n) is 8.00. The molecule has 162 valence electrons. The molecule has 5 rings (SSSR count). The lowest BCUT2D eigenvalue weighted by Crippen LogP contribution is -2.30. The lowest BCUT2D eigenvalue weighted by Gasteiger charge is -2.17. The summed E-state index contributed by atoms with van der Waals surface area (Å²) in [6.45, 7) is 4.90. The number of fused-ring (bicyclic) bond motifs is 1. The van der Waals surface area contributed by atoms with E-state index in [0.29, 0.717) is 41.3 Å². The zero-order valence-electron chi connectivity index (χ0n) is 17.7. The van der Waals surface area contributed by atoms with Gasteiger partial charge in [0.2, 0.25) is 0 Å². The molecule has 0 bridgehead atoms. The molecule has 0 radical (unpaired) electrons. The molecule has 4 heterocycles. The highest BCUT2D eigenvalue weighted by Gasteiger charge is 2.31. The number of nitrogens with zero attached hydrogens (tertiary/aromatic N) is 5. The molecule has 1 amide bonds. The molecule has 3 aromatic heterocycles. The summed E-state index contributed by atoms with van der Waals surface area (Å²) in [6, 6.07) is 10.8. The number of hydrogen-bond acceptors (Lipinski definition) is 7. The van der Waals surface area contributed by atoms with Gasteiger partial charge in [-0.1, -0.05) is 18.2 Å². The van der Waals surface area contributed by atoms with E-state index in [0.717, 1.165) is 17.8 Å². The highest BCUT2D eigenvalue weighted by molar-refractivity contribution is 6.04. The van der Waals surface area contributed by atoms with Crippen molar-refractivity contribution in [3.05, 3.63) is 69.7 Å². The van der Waals surface area contributed by atoms with Crippen molar-refractivity contribution in [3.8, 4) is 0 Å². The Morgan fingerprint density at radius 3 is 2.66 bits per heavy atom. The van der Waals surface area contributed by atoms with Crippen LogP contribution in [0.1, 0.15) is 40.0 Å². The first-order valence-corrected chi connectivity index (χ1v) is 10.4.